The first-order valence-corrected chi connectivity index (χ1v) is 9.16. The van der Waals surface area contributed by atoms with Gasteiger partial charge in [0, 0.05) is 11.6 Å². The lowest BCUT2D eigenvalue weighted by Crippen LogP contribution is -2.13. The summed E-state index contributed by atoms with van der Waals surface area (Å²) in [7, 11) is -3.75. The molecule has 114 valence electrons. The van der Waals surface area contributed by atoms with Gasteiger partial charge in [-0.15, -0.1) is 0 Å². The first kappa shape index (κ1) is 14.1. The van der Waals surface area contributed by atoms with E-state index in [1.165, 1.54) is 11.3 Å². The van der Waals surface area contributed by atoms with Crippen molar-refractivity contribution in [3.63, 3.8) is 0 Å². The van der Waals surface area contributed by atoms with Crippen LogP contribution in [0.15, 0.2) is 65.7 Å². The van der Waals surface area contributed by atoms with Crippen LogP contribution in [-0.2, 0) is 10.0 Å². The SMILES string of the molecule is O=S(=O)(Nc1nc2ccccc2s1)c1cccc2cccnc12. The van der Waals surface area contributed by atoms with Gasteiger partial charge in [-0.1, -0.05) is 41.7 Å². The Kier molecular flexibility index (Phi) is 3.24. The number of pyridine rings is 1. The molecule has 2 aromatic carbocycles. The Morgan fingerprint density at radius 1 is 0.957 bits per heavy atom. The van der Waals surface area contributed by atoms with Gasteiger partial charge in [0.25, 0.3) is 10.0 Å². The van der Waals surface area contributed by atoms with Gasteiger partial charge in [-0.2, -0.15) is 0 Å². The van der Waals surface area contributed by atoms with Crippen LogP contribution in [0, 0.1) is 0 Å². The second-order valence-corrected chi connectivity index (χ2v) is 7.60. The van der Waals surface area contributed by atoms with E-state index in [4.69, 9.17) is 0 Å². The summed E-state index contributed by atoms with van der Waals surface area (Å²) in [5, 5.41) is 1.12. The third-order valence-corrected chi connectivity index (χ3v) is 5.85. The second kappa shape index (κ2) is 5.29. The Balaban J connectivity index is 1.80. The number of hydrogen-bond acceptors (Lipinski definition) is 5. The highest BCUT2D eigenvalue weighted by atomic mass is 32.2. The highest BCUT2D eigenvalue weighted by molar-refractivity contribution is 7.93. The van der Waals surface area contributed by atoms with Gasteiger partial charge in [-0.05, 0) is 24.3 Å². The van der Waals surface area contributed by atoms with Crippen molar-refractivity contribution < 1.29 is 8.42 Å². The number of hydrogen-bond donors (Lipinski definition) is 1. The number of rotatable bonds is 3. The fourth-order valence-electron chi connectivity index (χ4n) is 2.38. The fraction of sp³-hybridized carbons (Fsp3) is 0. The van der Waals surface area contributed by atoms with Gasteiger partial charge in [0.15, 0.2) is 5.13 Å². The quantitative estimate of drug-likeness (QED) is 0.617. The van der Waals surface area contributed by atoms with Crippen LogP contribution in [0.4, 0.5) is 5.13 Å². The summed E-state index contributed by atoms with van der Waals surface area (Å²) in [6.07, 6.45) is 1.58. The van der Waals surface area contributed by atoms with Gasteiger partial charge < -0.3 is 0 Å². The van der Waals surface area contributed by atoms with Crippen molar-refractivity contribution in [2.75, 3.05) is 4.72 Å². The molecule has 0 spiro atoms. The van der Waals surface area contributed by atoms with Crippen molar-refractivity contribution in [2.24, 2.45) is 0 Å². The summed E-state index contributed by atoms with van der Waals surface area (Å²) in [5.41, 5.74) is 1.22. The normalized spacial score (nSPS) is 11.8. The van der Waals surface area contributed by atoms with Crippen LogP contribution in [0.5, 0.6) is 0 Å². The summed E-state index contributed by atoms with van der Waals surface area (Å²) in [6, 6.07) is 16.2. The zero-order valence-corrected chi connectivity index (χ0v) is 13.4. The summed E-state index contributed by atoms with van der Waals surface area (Å²) >= 11 is 1.30. The highest BCUT2D eigenvalue weighted by Gasteiger charge is 2.19. The minimum absolute atomic E-state index is 0.148. The minimum atomic E-state index is -3.75. The Bertz CT molecular complexity index is 1080. The topological polar surface area (TPSA) is 72.0 Å². The zero-order chi connectivity index (χ0) is 15.9. The largest absolute Gasteiger partial charge is 0.265 e. The van der Waals surface area contributed by atoms with Crippen molar-refractivity contribution in [2.45, 2.75) is 4.90 Å². The molecule has 0 aliphatic carbocycles. The molecule has 0 aliphatic heterocycles. The van der Waals surface area contributed by atoms with Crippen molar-refractivity contribution in [3.8, 4) is 0 Å². The summed E-state index contributed by atoms with van der Waals surface area (Å²) in [4.78, 5) is 8.65. The molecule has 0 atom stereocenters. The monoisotopic (exact) mass is 341 g/mol. The average molecular weight is 341 g/mol. The maximum atomic E-state index is 12.7. The fourth-order valence-corrected chi connectivity index (χ4v) is 4.66. The number of sulfonamides is 1. The van der Waals surface area contributed by atoms with Gasteiger partial charge in [0.2, 0.25) is 0 Å². The van der Waals surface area contributed by atoms with Gasteiger partial charge in [0.1, 0.15) is 4.90 Å². The molecule has 0 saturated carbocycles. The smallest absolute Gasteiger partial charge is 0.255 e. The second-order valence-electron chi connectivity index (χ2n) is 4.92. The van der Waals surface area contributed by atoms with E-state index < -0.39 is 10.0 Å². The van der Waals surface area contributed by atoms with Gasteiger partial charge in [0.05, 0.1) is 15.7 Å². The van der Waals surface area contributed by atoms with Crippen LogP contribution in [0.3, 0.4) is 0 Å². The lowest BCUT2D eigenvalue weighted by Gasteiger charge is -2.07. The number of anilines is 1. The van der Waals surface area contributed by atoms with Crippen molar-refractivity contribution >= 4 is 47.6 Å². The molecule has 0 amide bonds. The van der Waals surface area contributed by atoms with E-state index in [1.54, 1.807) is 24.4 Å². The van der Waals surface area contributed by atoms with Crippen LogP contribution in [-0.4, -0.2) is 18.4 Å². The first-order valence-electron chi connectivity index (χ1n) is 6.86. The van der Waals surface area contributed by atoms with Crippen molar-refractivity contribution in [1.29, 1.82) is 0 Å². The summed E-state index contributed by atoms with van der Waals surface area (Å²) in [5.74, 6) is 0. The number of benzene rings is 2. The first-order chi connectivity index (χ1) is 11.1. The van der Waals surface area contributed by atoms with E-state index in [-0.39, 0.29) is 4.90 Å². The number of thiazole rings is 1. The summed E-state index contributed by atoms with van der Waals surface area (Å²) < 4.78 is 28.9. The number of nitrogens with one attached hydrogen (secondary N) is 1. The molecule has 1 N–H and O–H groups in total. The molecule has 0 unspecified atom stereocenters. The number of fused-ring (bicyclic) bond motifs is 2. The maximum absolute atomic E-state index is 12.7. The van der Waals surface area contributed by atoms with E-state index in [1.807, 2.05) is 36.4 Å². The van der Waals surface area contributed by atoms with Gasteiger partial charge in [-0.3, -0.25) is 9.71 Å². The number of para-hydroxylation sites is 2. The van der Waals surface area contributed by atoms with Crippen molar-refractivity contribution in [1.82, 2.24) is 9.97 Å². The maximum Gasteiger partial charge on any atom is 0.265 e. The third-order valence-electron chi connectivity index (χ3n) is 3.40. The Hall–Kier alpha value is -2.51. The van der Waals surface area contributed by atoms with Crippen LogP contribution < -0.4 is 4.72 Å². The van der Waals surface area contributed by atoms with Crippen LogP contribution in [0.1, 0.15) is 0 Å². The Morgan fingerprint density at radius 2 is 1.78 bits per heavy atom. The highest BCUT2D eigenvalue weighted by Crippen LogP contribution is 2.28. The molecule has 0 aliphatic rings. The lowest BCUT2D eigenvalue weighted by atomic mass is 10.2. The molecule has 0 fully saturated rings. The minimum Gasteiger partial charge on any atom is -0.255 e. The van der Waals surface area contributed by atoms with Gasteiger partial charge in [-0.25, -0.2) is 13.4 Å². The van der Waals surface area contributed by atoms with Crippen molar-refractivity contribution in [3.05, 3.63) is 60.8 Å². The van der Waals surface area contributed by atoms with E-state index >= 15 is 0 Å². The molecule has 4 rings (SSSR count). The number of nitrogens with zero attached hydrogens (tertiary/aromatic N) is 2. The van der Waals surface area contributed by atoms with Crippen LogP contribution in [0.25, 0.3) is 21.1 Å². The molecule has 4 aromatic rings. The van der Waals surface area contributed by atoms with E-state index in [2.05, 4.69) is 14.7 Å². The van der Waals surface area contributed by atoms with Crippen LogP contribution in [0.2, 0.25) is 0 Å². The summed E-state index contributed by atoms with van der Waals surface area (Å²) in [6.45, 7) is 0. The Morgan fingerprint density at radius 3 is 2.65 bits per heavy atom. The van der Waals surface area contributed by atoms with Gasteiger partial charge >= 0.3 is 0 Å². The third kappa shape index (κ3) is 2.54. The molecular formula is C16H11N3O2S2. The predicted octanol–water partition coefficient (Wildman–Crippen LogP) is 3.65. The van der Waals surface area contributed by atoms with E-state index in [0.717, 1.165) is 15.6 Å². The average Bonchev–Trinajstić information content (AvgIpc) is 2.95. The molecule has 0 radical (unpaired) electrons. The number of aromatic nitrogens is 2. The molecule has 0 bridgehead atoms. The molecule has 0 saturated heterocycles. The molecule has 23 heavy (non-hydrogen) atoms. The molecule has 5 nitrogen and oxygen atoms in total. The molecular weight excluding hydrogens is 330 g/mol. The van der Waals surface area contributed by atoms with E-state index in [0.29, 0.717) is 10.6 Å². The Labute approximate surface area is 136 Å². The van der Waals surface area contributed by atoms with Crippen LogP contribution >= 0.6 is 11.3 Å². The molecule has 2 heterocycles. The standard InChI is InChI=1S/C16H11N3O2S2/c20-23(21,14-9-3-5-11-6-4-10-17-15(11)14)19-16-18-12-7-1-2-8-13(12)22-16/h1-10H,(H,18,19). The zero-order valence-electron chi connectivity index (χ0n) is 11.8. The van der Waals surface area contributed by atoms with E-state index in [9.17, 15) is 8.42 Å². The lowest BCUT2D eigenvalue weighted by molar-refractivity contribution is 0.602. The predicted molar refractivity (Wildman–Crippen MR) is 92.2 cm³/mol. The molecule has 2 aromatic heterocycles. The molecule has 7 heteroatoms.